The molecule has 3 nitrogen and oxygen atoms in total. The first-order chi connectivity index (χ1) is 9.24. The SMILES string of the molecule is O=c1c(Cc2ccncc2)c[nH]c2ccc(Cl)cc12. The molecule has 0 radical (unpaired) electrons. The lowest BCUT2D eigenvalue weighted by Gasteiger charge is -2.04. The maximum Gasteiger partial charge on any atom is 0.192 e. The van der Waals surface area contributed by atoms with Crippen molar-refractivity contribution in [2.75, 3.05) is 0 Å². The van der Waals surface area contributed by atoms with Crippen molar-refractivity contribution in [2.45, 2.75) is 6.42 Å². The van der Waals surface area contributed by atoms with Gasteiger partial charge in [-0.15, -0.1) is 0 Å². The third-order valence-corrected chi connectivity index (χ3v) is 3.30. The van der Waals surface area contributed by atoms with Gasteiger partial charge in [0.25, 0.3) is 0 Å². The number of nitrogens with one attached hydrogen (secondary N) is 1. The van der Waals surface area contributed by atoms with Gasteiger partial charge in [-0.25, -0.2) is 0 Å². The molecule has 1 N–H and O–H groups in total. The zero-order chi connectivity index (χ0) is 13.2. The fraction of sp³-hybridized carbons (Fsp3) is 0.0667. The van der Waals surface area contributed by atoms with E-state index in [9.17, 15) is 4.79 Å². The lowest BCUT2D eigenvalue weighted by molar-refractivity contribution is 1.13. The van der Waals surface area contributed by atoms with Crippen LogP contribution in [0, 0.1) is 0 Å². The first kappa shape index (κ1) is 11.9. The minimum atomic E-state index is 0.0214. The normalized spacial score (nSPS) is 10.8. The summed E-state index contributed by atoms with van der Waals surface area (Å²) in [5.74, 6) is 0. The number of benzene rings is 1. The maximum atomic E-state index is 12.4. The fourth-order valence-electron chi connectivity index (χ4n) is 2.09. The van der Waals surface area contributed by atoms with E-state index in [1.165, 1.54) is 0 Å². The van der Waals surface area contributed by atoms with Gasteiger partial charge in [0, 0.05) is 46.5 Å². The van der Waals surface area contributed by atoms with Crippen LogP contribution in [-0.4, -0.2) is 9.97 Å². The van der Waals surface area contributed by atoms with E-state index in [0.29, 0.717) is 16.8 Å². The van der Waals surface area contributed by atoms with Crippen LogP contribution in [0.15, 0.2) is 53.7 Å². The molecule has 0 aliphatic heterocycles. The molecule has 0 saturated carbocycles. The van der Waals surface area contributed by atoms with Crippen LogP contribution < -0.4 is 5.43 Å². The second-order valence-electron chi connectivity index (χ2n) is 4.37. The van der Waals surface area contributed by atoms with Gasteiger partial charge in [0.15, 0.2) is 5.43 Å². The molecule has 0 spiro atoms. The van der Waals surface area contributed by atoms with Gasteiger partial charge in [-0.05, 0) is 35.9 Å². The Balaban J connectivity index is 2.10. The number of H-pyrrole nitrogens is 1. The molecule has 19 heavy (non-hydrogen) atoms. The monoisotopic (exact) mass is 270 g/mol. The summed E-state index contributed by atoms with van der Waals surface area (Å²) in [4.78, 5) is 19.5. The van der Waals surface area contributed by atoms with E-state index < -0.39 is 0 Å². The van der Waals surface area contributed by atoms with Crippen molar-refractivity contribution in [1.29, 1.82) is 0 Å². The standard InChI is InChI=1S/C15H11ClN2O/c16-12-1-2-14-13(8-12)15(19)11(9-18-14)7-10-3-5-17-6-4-10/h1-6,8-9H,7H2,(H,18,19). The third-order valence-electron chi connectivity index (χ3n) is 3.06. The molecular formula is C15H11ClN2O. The molecule has 0 amide bonds. The Kier molecular flexibility index (Phi) is 3.05. The maximum absolute atomic E-state index is 12.4. The molecule has 1 aromatic carbocycles. The number of halogens is 1. The van der Waals surface area contributed by atoms with Crippen molar-refractivity contribution in [2.24, 2.45) is 0 Å². The van der Waals surface area contributed by atoms with Gasteiger partial charge in [0.05, 0.1) is 0 Å². The highest BCUT2D eigenvalue weighted by Crippen LogP contribution is 2.16. The van der Waals surface area contributed by atoms with E-state index in [1.807, 2.05) is 18.2 Å². The second kappa shape index (κ2) is 4.86. The molecule has 3 aromatic rings. The number of nitrogens with zero attached hydrogens (tertiary/aromatic N) is 1. The van der Waals surface area contributed by atoms with Crippen LogP contribution in [-0.2, 0) is 6.42 Å². The Labute approximate surface area is 114 Å². The molecule has 2 heterocycles. The molecule has 94 valence electrons. The van der Waals surface area contributed by atoms with Crippen molar-refractivity contribution in [3.63, 3.8) is 0 Å². The average molecular weight is 271 g/mol. The van der Waals surface area contributed by atoms with Crippen molar-refractivity contribution in [3.05, 3.63) is 75.3 Å². The summed E-state index contributed by atoms with van der Waals surface area (Å²) in [6, 6.07) is 9.09. The number of hydrogen-bond acceptors (Lipinski definition) is 2. The lowest BCUT2D eigenvalue weighted by Crippen LogP contribution is -2.10. The van der Waals surface area contributed by atoms with Gasteiger partial charge in [0.1, 0.15) is 0 Å². The highest BCUT2D eigenvalue weighted by atomic mass is 35.5. The Morgan fingerprint density at radius 3 is 2.74 bits per heavy atom. The van der Waals surface area contributed by atoms with Gasteiger partial charge in [-0.2, -0.15) is 0 Å². The number of aromatic amines is 1. The largest absolute Gasteiger partial charge is 0.361 e. The highest BCUT2D eigenvalue weighted by Gasteiger charge is 2.06. The Morgan fingerprint density at radius 2 is 1.95 bits per heavy atom. The molecule has 0 bridgehead atoms. The predicted molar refractivity (Wildman–Crippen MR) is 76.6 cm³/mol. The zero-order valence-corrected chi connectivity index (χ0v) is 10.8. The predicted octanol–water partition coefficient (Wildman–Crippen LogP) is 3.17. The molecule has 3 rings (SSSR count). The van der Waals surface area contributed by atoms with Crippen LogP contribution in [0.2, 0.25) is 5.02 Å². The summed E-state index contributed by atoms with van der Waals surface area (Å²) in [5.41, 5.74) is 2.60. The van der Waals surface area contributed by atoms with Crippen molar-refractivity contribution < 1.29 is 0 Å². The Morgan fingerprint density at radius 1 is 1.16 bits per heavy atom. The van der Waals surface area contributed by atoms with Gasteiger partial charge < -0.3 is 4.98 Å². The number of aromatic nitrogens is 2. The summed E-state index contributed by atoms with van der Waals surface area (Å²) in [6.07, 6.45) is 5.79. The summed E-state index contributed by atoms with van der Waals surface area (Å²) in [6.45, 7) is 0. The van der Waals surface area contributed by atoms with Crippen molar-refractivity contribution in [3.8, 4) is 0 Å². The van der Waals surface area contributed by atoms with Gasteiger partial charge in [0.2, 0.25) is 0 Å². The van der Waals surface area contributed by atoms with Crippen LogP contribution in [0.3, 0.4) is 0 Å². The summed E-state index contributed by atoms with van der Waals surface area (Å²) in [5, 5.41) is 1.19. The van der Waals surface area contributed by atoms with E-state index in [0.717, 1.165) is 16.6 Å². The molecule has 0 atom stereocenters. The molecule has 2 aromatic heterocycles. The van der Waals surface area contributed by atoms with E-state index in [1.54, 1.807) is 30.7 Å². The summed E-state index contributed by atoms with van der Waals surface area (Å²) < 4.78 is 0. The van der Waals surface area contributed by atoms with Gasteiger partial charge >= 0.3 is 0 Å². The smallest absolute Gasteiger partial charge is 0.192 e. The van der Waals surface area contributed by atoms with E-state index in [2.05, 4.69) is 9.97 Å². The van der Waals surface area contributed by atoms with Crippen LogP contribution >= 0.6 is 11.6 Å². The van der Waals surface area contributed by atoms with E-state index in [4.69, 9.17) is 11.6 Å². The van der Waals surface area contributed by atoms with E-state index in [-0.39, 0.29) is 5.43 Å². The minimum Gasteiger partial charge on any atom is -0.361 e. The Hall–Kier alpha value is -2.13. The van der Waals surface area contributed by atoms with Gasteiger partial charge in [-0.3, -0.25) is 9.78 Å². The van der Waals surface area contributed by atoms with Crippen LogP contribution in [0.5, 0.6) is 0 Å². The molecule has 0 unspecified atom stereocenters. The first-order valence-electron chi connectivity index (χ1n) is 5.93. The molecule has 0 aliphatic carbocycles. The molecule has 0 saturated heterocycles. The topological polar surface area (TPSA) is 45.8 Å². The number of rotatable bonds is 2. The zero-order valence-electron chi connectivity index (χ0n) is 10.1. The van der Waals surface area contributed by atoms with E-state index >= 15 is 0 Å². The second-order valence-corrected chi connectivity index (χ2v) is 4.80. The van der Waals surface area contributed by atoms with Crippen LogP contribution in [0.25, 0.3) is 10.9 Å². The quantitative estimate of drug-likeness (QED) is 0.777. The highest BCUT2D eigenvalue weighted by molar-refractivity contribution is 6.31. The molecule has 0 aliphatic rings. The van der Waals surface area contributed by atoms with Crippen LogP contribution in [0.1, 0.15) is 11.1 Å². The third kappa shape index (κ3) is 2.37. The summed E-state index contributed by atoms with van der Waals surface area (Å²) in [7, 11) is 0. The van der Waals surface area contributed by atoms with Gasteiger partial charge in [-0.1, -0.05) is 11.6 Å². The minimum absolute atomic E-state index is 0.0214. The average Bonchev–Trinajstić information content (AvgIpc) is 2.44. The lowest BCUT2D eigenvalue weighted by atomic mass is 10.1. The molecule has 0 fully saturated rings. The summed E-state index contributed by atoms with van der Waals surface area (Å²) >= 11 is 5.94. The van der Waals surface area contributed by atoms with Crippen molar-refractivity contribution in [1.82, 2.24) is 9.97 Å². The molecular weight excluding hydrogens is 260 g/mol. The number of fused-ring (bicyclic) bond motifs is 1. The number of hydrogen-bond donors (Lipinski definition) is 1. The molecule has 4 heteroatoms. The fourth-order valence-corrected chi connectivity index (χ4v) is 2.26. The Bertz CT molecular complexity index is 781. The first-order valence-corrected chi connectivity index (χ1v) is 6.30. The van der Waals surface area contributed by atoms with Crippen molar-refractivity contribution >= 4 is 22.5 Å². The number of pyridine rings is 2. The van der Waals surface area contributed by atoms with Crippen LogP contribution in [0.4, 0.5) is 0 Å².